The fourth-order valence-electron chi connectivity index (χ4n) is 9.32. The van der Waals surface area contributed by atoms with Gasteiger partial charge in [-0.25, -0.2) is 0 Å². The van der Waals surface area contributed by atoms with Gasteiger partial charge in [0, 0.05) is 79.5 Å². The van der Waals surface area contributed by atoms with E-state index in [4.69, 9.17) is 35.3 Å². The first-order valence-electron chi connectivity index (χ1n) is 22.9. The van der Waals surface area contributed by atoms with E-state index in [1.54, 1.807) is 12.1 Å². The van der Waals surface area contributed by atoms with Gasteiger partial charge in [0.2, 0.25) is 5.88 Å². The van der Waals surface area contributed by atoms with Crippen LogP contribution < -0.4 is 30.2 Å². The second-order valence-electron chi connectivity index (χ2n) is 18.0. The maximum atomic E-state index is 14.7. The molecule has 0 spiro atoms. The number of carbonyl (C=O) groups excluding carboxylic acids is 1. The molecule has 3 aromatic carbocycles. The van der Waals surface area contributed by atoms with Gasteiger partial charge in [0.1, 0.15) is 17.0 Å². The summed E-state index contributed by atoms with van der Waals surface area (Å²) in [6, 6.07) is 23.3. The number of pyridine rings is 1. The van der Waals surface area contributed by atoms with E-state index in [1.807, 2.05) is 43.5 Å². The van der Waals surface area contributed by atoms with Crippen LogP contribution >= 0.6 is 19.9 Å². The second kappa shape index (κ2) is 20.3. The maximum Gasteiger partial charge on any atom is 0.293 e. The van der Waals surface area contributed by atoms with E-state index < -0.39 is 13.2 Å². The molecule has 2 saturated heterocycles. The quantitative estimate of drug-likeness (QED) is 0.0552. The molecule has 1 amide bonds. The van der Waals surface area contributed by atoms with Gasteiger partial charge in [-0.3, -0.25) is 19.8 Å². The number of aromatic amines is 1. The smallest absolute Gasteiger partial charge is 0.293 e. The van der Waals surface area contributed by atoms with Gasteiger partial charge in [0.15, 0.2) is 8.30 Å². The van der Waals surface area contributed by atoms with Crippen LogP contribution in [0.5, 0.6) is 5.88 Å². The van der Waals surface area contributed by atoms with Crippen molar-refractivity contribution in [3.05, 3.63) is 111 Å². The molecule has 3 aliphatic heterocycles. The summed E-state index contributed by atoms with van der Waals surface area (Å²) in [6.45, 7) is 14.1. The zero-order valence-corrected chi connectivity index (χ0v) is 39.5. The third-order valence-corrected chi connectivity index (χ3v) is 14.8. The van der Waals surface area contributed by atoms with Crippen LogP contribution in [0.15, 0.2) is 84.6 Å². The Morgan fingerprint density at radius 3 is 2.62 bits per heavy atom. The average molecular weight is 937 g/mol. The third-order valence-electron chi connectivity index (χ3n) is 12.9. The summed E-state index contributed by atoms with van der Waals surface area (Å²) in [5.74, 6) is 0.134. The maximum absolute atomic E-state index is 14.7. The predicted octanol–water partition coefficient (Wildman–Crippen LogP) is 9.06. The third kappa shape index (κ3) is 10.5. The SMILES string of the molecule is CCOP(NC(=O)c1ccc(N2CCN(CC3=C(c4ccc(Cl)cc4)CC(C)(C)CC3)CC2)cc1N1CCCOc2nc3[nH]ccc3cc21)c1ccc(NC[C@H]2COCCO2)c([N+](=O)[O-])c1. The number of carbonyl (C=O) groups is 1. The Morgan fingerprint density at radius 2 is 1.85 bits per heavy atom. The summed E-state index contributed by atoms with van der Waals surface area (Å²) in [4.78, 5) is 41.8. The lowest BCUT2D eigenvalue weighted by atomic mass is 9.72. The molecule has 9 rings (SSSR count). The second-order valence-corrected chi connectivity index (χ2v) is 20.1. The van der Waals surface area contributed by atoms with E-state index in [9.17, 15) is 14.9 Å². The van der Waals surface area contributed by atoms with Crippen molar-refractivity contribution in [2.24, 2.45) is 5.41 Å². The molecule has 5 heterocycles. The molecule has 5 aromatic rings. The highest BCUT2D eigenvalue weighted by atomic mass is 35.5. The number of rotatable bonds is 14. The number of piperazine rings is 1. The fraction of sp³-hybridized carbons (Fsp3) is 0.429. The van der Waals surface area contributed by atoms with Gasteiger partial charge < -0.3 is 43.9 Å². The van der Waals surface area contributed by atoms with E-state index in [-0.39, 0.29) is 29.7 Å². The molecule has 0 radical (unpaired) electrons. The van der Waals surface area contributed by atoms with Crippen molar-refractivity contribution in [1.29, 1.82) is 0 Å². The zero-order valence-electron chi connectivity index (χ0n) is 37.8. The van der Waals surface area contributed by atoms with Gasteiger partial charge >= 0.3 is 0 Å². The van der Waals surface area contributed by atoms with Crippen LogP contribution in [0.4, 0.5) is 28.4 Å². The van der Waals surface area contributed by atoms with Crippen LogP contribution in [0.1, 0.15) is 62.4 Å². The average Bonchev–Trinajstić information content (AvgIpc) is 3.69. The van der Waals surface area contributed by atoms with Crippen molar-refractivity contribution in [2.45, 2.75) is 52.6 Å². The first kappa shape index (κ1) is 45.9. The van der Waals surface area contributed by atoms with Crippen molar-refractivity contribution in [3.63, 3.8) is 0 Å². The molecule has 66 heavy (non-hydrogen) atoms. The number of nitro benzene ring substituents is 1. The molecule has 0 bridgehead atoms. The minimum atomic E-state index is -1.82. The van der Waals surface area contributed by atoms with Crippen LogP contribution in [-0.4, -0.2) is 111 Å². The summed E-state index contributed by atoms with van der Waals surface area (Å²) in [7, 11) is -1.82. The number of anilines is 4. The van der Waals surface area contributed by atoms with Crippen molar-refractivity contribution in [2.75, 3.05) is 94.0 Å². The molecular weight excluding hydrogens is 879 g/mol. The number of hydrogen-bond donors (Lipinski definition) is 3. The van der Waals surface area contributed by atoms with Gasteiger partial charge in [-0.15, -0.1) is 0 Å². The summed E-state index contributed by atoms with van der Waals surface area (Å²) < 4.78 is 23.6. The van der Waals surface area contributed by atoms with Gasteiger partial charge in [0.25, 0.3) is 11.6 Å². The van der Waals surface area contributed by atoms with Gasteiger partial charge in [0.05, 0.1) is 55.3 Å². The number of amides is 1. The van der Waals surface area contributed by atoms with Crippen LogP contribution in [0.25, 0.3) is 16.6 Å². The molecule has 3 N–H and O–H groups in total. The summed E-state index contributed by atoms with van der Waals surface area (Å²) in [6.07, 6.45) is 5.64. The highest BCUT2D eigenvalue weighted by Crippen LogP contribution is 2.45. The highest BCUT2D eigenvalue weighted by Gasteiger charge is 2.32. The predicted molar refractivity (Wildman–Crippen MR) is 262 cm³/mol. The van der Waals surface area contributed by atoms with Crippen LogP contribution in [-0.2, 0) is 14.0 Å². The van der Waals surface area contributed by atoms with E-state index in [0.717, 1.165) is 73.0 Å². The molecular formula is C49H58ClN8O7P. The summed E-state index contributed by atoms with van der Waals surface area (Å²) in [5, 5.41) is 20.9. The Kier molecular flexibility index (Phi) is 14.1. The van der Waals surface area contributed by atoms with Crippen molar-refractivity contribution in [3.8, 4) is 5.88 Å². The van der Waals surface area contributed by atoms with E-state index in [1.165, 1.54) is 29.2 Å². The molecule has 2 aromatic heterocycles. The van der Waals surface area contributed by atoms with Crippen molar-refractivity contribution in [1.82, 2.24) is 20.0 Å². The van der Waals surface area contributed by atoms with Gasteiger partial charge in [-0.2, -0.15) is 4.98 Å². The van der Waals surface area contributed by atoms with E-state index >= 15 is 0 Å². The molecule has 1 unspecified atom stereocenters. The number of allylic oxidation sites excluding steroid dienone is 1. The van der Waals surface area contributed by atoms with Crippen molar-refractivity contribution < 1.29 is 28.5 Å². The highest BCUT2D eigenvalue weighted by molar-refractivity contribution is 7.59. The molecule has 348 valence electrons. The molecule has 2 atom stereocenters. The minimum Gasteiger partial charge on any atom is -0.476 e. The number of nitrogens with one attached hydrogen (secondary N) is 3. The monoisotopic (exact) mass is 936 g/mol. The lowest BCUT2D eigenvalue weighted by Crippen LogP contribution is -2.47. The summed E-state index contributed by atoms with van der Waals surface area (Å²) in [5.41, 5.74) is 8.37. The molecule has 0 saturated carbocycles. The Hall–Kier alpha value is -5.28. The summed E-state index contributed by atoms with van der Waals surface area (Å²) >= 11 is 6.29. The molecule has 4 aliphatic rings. The Labute approximate surface area is 391 Å². The number of nitro groups is 1. The number of H-pyrrole nitrogens is 1. The molecule has 2 fully saturated rings. The number of fused-ring (bicyclic) bond motifs is 2. The standard InChI is InChI=1S/C49H58ClN8O7P/c1-4-65-66(39-11-13-42(44(28-39)58(60)61)52-30-38-32-62-24-25-63-38)54-47(59)40-12-10-37(27-43(40)57-18-5-23-64-48-45(57)26-34-15-17-51-46(34)53-48)56-21-19-55(20-22-56)31-35-14-16-49(2,3)29-41(35)33-6-8-36(50)9-7-33/h6-13,15,17,26-28,38,52H,4-5,14,16,18-25,29-32H2,1-3H3,(H,51,53)(H,54,59)/t38-,66?/m0/s1. The van der Waals surface area contributed by atoms with E-state index in [2.05, 4.69) is 68.2 Å². The first-order valence-corrected chi connectivity index (χ1v) is 24.6. The number of aromatic nitrogens is 2. The van der Waals surface area contributed by atoms with Crippen LogP contribution in [0.2, 0.25) is 5.02 Å². The first-order chi connectivity index (χ1) is 32.0. The Bertz CT molecular complexity index is 2570. The number of nitrogens with zero attached hydrogens (tertiary/aromatic N) is 5. The Balaban J connectivity index is 0.989. The fourth-order valence-corrected chi connectivity index (χ4v) is 10.8. The van der Waals surface area contributed by atoms with Crippen LogP contribution in [0.3, 0.4) is 0 Å². The normalized spacial score (nSPS) is 19.5. The number of halogens is 1. The van der Waals surface area contributed by atoms with Crippen LogP contribution in [0, 0.1) is 15.5 Å². The lowest BCUT2D eigenvalue weighted by Gasteiger charge is -2.39. The molecule has 17 heteroatoms. The molecule has 1 aliphatic carbocycles. The van der Waals surface area contributed by atoms with Crippen molar-refractivity contribution >= 4 is 76.2 Å². The number of benzene rings is 3. The zero-order chi connectivity index (χ0) is 45.8. The minimum absolute atomic E-state index is 0.123. The Morgan fingerprint density at radius 1 is 1.02 bits per heavy atom. The number of hydrogen-bond acceptors (Lipinski definition) is 12. The van der Waals surface area contributed by atoms with Gasteiger partial charge in [-0.1, -0.05) is 43.2 Å². The molecule has 15 nitrogen and oxygen atoms in total. The van der Waals surface area contributed by atoms with Gasteiger partial charge in [-0.05, 0) is 104 Å². The lowest BCUT2D eigenvalue weighted by molar-refractivity contribution is -0.383. The number of ether oxygens (including phenoxy) is 3. The topological polar surface area (TPSA) is 160 Å². The largest absolute Gasteiger partial charge is 0.476 e. The van der Waals surface area contributed by atoms with E-state index in [0.29, 0.717) is 74.1 Å².